The van der Waals surface area contributed by atoms with Gasteiger partial charge in [0.15, 0.2) is 0 Å². The van der Waals surface area contributed by atoms with E-state index >= 15 is 0 Å². The lowest BCUT2D eigenvalue weighted by Crippen LogP contribution is -2.42. The van der Waals surface area contributed by atoms with Gasteiger partial charge in [-0.2, -0.15) is 0 Å². The number of nitrogens with zero attached hydrogens (tertiary/aromatic N) is 1. The predicted molar refractivity (Wildman–Crippen MR) is 85.8 cm³/mol. The normalized spacial score (nSPS) is 21.5. The van der Waals surface area contributed by atoms with Crippen LogP contribution in [0.25, 0.3) is 0 Å². The van der Waals surface area contributed by atoms with Crippen molar-refractivity contribution in [3.63, 3.8) is 0 Å². The van der Waals surface area contributed by atoms with Crippen molar-refractivity contribution < 1.29 is 4.79 Å². The molecule has 0 bridgehead atoms. The first kappa shape index (κ1) is 14.9. The highest BCUT2D eigenvalue weighted by Gasteiger charge is 2.30. The lowest BCUT2D eigenvalue weighted by molar-refractivity contribution is 0.0733. The summed E-state index contributed by atoms with van der Waals surface area (Å²) < 4.78 is 0. The molecule has 1 aliphatic heterocycles. The fourth-order valence-corrected chi connectivity index (χ4v) is 3.22. The monoisotopic (exact) mass is 306 g/mol. The van der Waals surface area contributed by atoms with E-state index in [2.05, 4.69) is 5.32 Å². The Bertz CT molecular complexity index is 522. The van der Waals surface area contributed by atoms with E-state index in [1.165, 1.54) is 25.7 Å². The van der Waals surface area contributed by atoms with Crippen molar-refractivity contribution in [3.05, 3.63) is 34.3 Å². The fourth-order valence-electron chi connectivity index (χ4n) is 3.04. The molecule has 3 rings (SSSR count). The van der Waals surface area contributed by atoms with Crippen molar-refractivity contribution in [2.75, 3.05) is 19.6 Å². The predicted octanol–water partition coefficient (Wildman–Crippen LogP) is 3.25. The Morgan fingerprint density at radius 1 is 1.33 bits per heavy atom. The Kier molecular flexibility index (Phi) is 4.51. The highest BCUT2D eigenvalue weighted by Crippen LogP contribution is 2.31. The van der Waals surface area contributed by atoms with Crippen LogP contribution in [0.3, 0.4) is 0 Å². The summed E-state index contributed by atoms with van der Waals surface area (Å²) in [6.07, 6.45) is 4.90. The molecule has 1 atom stereocenters. The van der Waals surface area contributed by atoms with Gasteiger partial charge in [-0.05, 0) is 62.8 Å². The van der Waals surface area contributed by atoms with Crippen LogP contribution in [0.1, 0.15) is 41.6 Å². The van der Waals surface area contributed by atoms with E-state index in [0.29, 0.717) is 17.0 Å². The highest BCUT2D eigenvalue weighted by atomic mass is 35.5. The number of nitrogens with one attached hydrogen (secondary N) is 1. The maximum absolute atomic E-state index is 12.9. The van der Waals surface area contributed by atoms with Crippen LogP contribution in [0.5, 0.6) is 0 Å². The van der Waals surface area contributed by atoms with Gasteiger partial charge >= 0.3 is 0 Å². The molecule has 1 aliphatic carbocycles. The summed E-state index contributed by atoms with van der Waals surface area (Å²) in [7, 11) is 0. The number of rotatable bonds is 5. The standard InChI is InChI=1S/C17H23ClN2O/c1-12-15(5-2-6-16(12)18)17(21)20(10-13-7-8-13)11-14-4-3-9-19-14/h2,5-6,13-14,19H,3-4,7-11H2,1H3. The van der Waals surface area contributed by atoms with E-state index < -0.39 is 0 Å². The Hall–Kier alpha value is -1.06. The number of hydrogen-bond donors (Lipinski definition) is 1. The van der Waals surface area contributed by atoms with Crippen molar-refractivity contribution >= 4 is 17.5 Å². The summed E-state index contributed by atoms with van der Waals surface area (Å²) in [5, 5.41) is 4.17. The molecule has 0 radical (unpaired) electrons. The summed E-state index contributed by atoms with van der Waals surface area (Å²) >= 11 is 6.17. The second kappa shape index (κ2) is 6.37. The van der Waals surface area contributed by atoms with Gasteiger partial charge in [-0.1, -0.05) is 17.7 Å². The van der Waals surface area contributed by atoms with Gasteiger partial charge in [0, 0.05) is 29.7 Å². The molecule has 0 spiro atoms. The first-order valence-electron chi connectivity index (χ1n) is 7.93. The zero-order chi connectivity index (χ0) is 14.8. The molecular formula is C17H23ClN2O. The number of carbonyl (C=O) groups is 1. The topological polar surface area (TPSA) is 32.3 Å². The summed E-state index contributed by atoms with van der Waals surface area (Å²) in [6.45, 7) is 4.72. The third-order valence-electron chi connectivity index (χ3n) is 4.56. The van der Waals surface area contributed by atoms with Gasteiger partial charge in [0.1, 0.15) is 0 Å². The van der Waals surface area contributed by atoms with Gasteiger partial charge < -0.3 is 10.2 Å². The van der Waals surface area contributed by atoms with Crippen molar-refractivity contribution in [3.8, 4) is 0 Å². The van der Waals surface area contributed by atoms with Crippen LogP contribution in [-0.4, -0.2) is 36.5 Å². The van der Waals surface area contributed by atoms with Gasteiger partial charge in [-0.15, -0.1) is 0 Å². The molecule has 4 heteroatoms. The zero-order valence-corrected chi connectivity index (χ0v) is 13.3. The van der Waals surface area contributed by atoms with E-state index in [1.807, 2.05) is 30.0 Å². The minimum Gasteiger partial charge on any atom is -0.337 e. The van der Waals surface area contributed by atoms with Crippen LogP contribution in [0.2, 0.25) is 5.02 Å². The minimum atomic E-state index is 0.135. The van der Waals surface area contributed by atoms with E-state index in [-0.39, 0.29) is 5.91 Å². The molecular weight excluding hydrogens is 284 g/mol. The van der Waals surface area contributed by atoms with Crippen LogP contribution in [-0.2, 0) is 0 Å². The van der Waals surface area contributed by atoms with Crippen molar-refractivity contribution in [2.24, 2.45) is 5.92 Å². The molecule has 1 aromatic carbocycles. The molecule has 1 unspecified atom stereocenters. The molecule has 21 heavy (non-hydrogen) atoms. The first-order valence-corrected chi connectivity index (χ1v) is 8.30. The van der Waals surface area contributed by atoms with E-state index in [1.54, 1.807) is 0 Å². The molecule has 2 fully saturated rings. The minimum absolute atomic E-state index is 0.135. The molecule has 1 saturated heterocycles. The second-order valence-electron chi connectivity index (χ2n) is 6.36. The number of hydrogen-bond acceptors (Lipinski definition) is 2. The molecule has 1 amide bonds. The van der Waals surface area contributed by atoms with Crippen molar-refractivity contribution in [1.29, 1.82) is 0 Å². The maximum Gasteiger partial charge on any atom is 0.254 e. The van der Waals surface area contributed by atoms with E-state index in [0.717, 1.165) is 30.8 Å². The maximum atomic E-state index is 12.9. The summed E-state index contributed by atoms with van der Waals surface area (Å²) in [5.41, 5.74) is 1.64. The smallest absolute Gasteiger partial charge is 0.254 e. The molecule has 2 aliphatic rings. The van der Waals surface area contributed by atoms with Crippen LogP contribution in [0, 0.1) is 12.8 Å². The van der Waals surface area contributed by atoms with Crippen LogP contribution >= 0.6 is 11.6 Å². The summed E-state index contributed by atoms with van der Waals surface area (Å²) in [6, 6.07) is 6.06. The first-order chi connectivity index (χ1) is 10.1. The molecule has 3 nitrogen and oxygen atoms in total. The molecule has 1 aromatic rings. The van der Waals surface area contributed by atoms with Crippen LogP contribution in [0.15, 0.2) is 18.2 Å². The third-order valence-corrected chi connectivity index (χ3v) is 4.97. The van der Waals surface area contributed by atoms with E-state index in [4.69, 9.17) is 11.6 Å². The van der Waals surface area contributed by atoms with E-state index in [9.17, 15) is 4.79 Å². The van der Waals surface area contributed by atoms with Gasteiger partial charge in [-0.25, -0.2) is 0 Å². The zero-order valence-electron chi connectivity index (χ0n) is 12.6. The molecule has 1 N–H and O–H groups in total. The number of carbonyl (C=O) groups excluding carboxylic acids is 1. The summed E-state index contributed by atoms with van der Waals surface area (Å²) in [5.74, 6) is 0.838. The van der Waals surface area contributed by atoms with Gasteiger partial charge in [-0.3, -0.25) is 4.79 Å². The summed E-state index contributed by atoms with van der Waals surface area (Å²) in [4.78, 5) is 14.9. The van der Waals surface area contributed by atoms with Gasteiger partial charge in [0.25, 0.3) is 5.91 Å². The quantitative estimate of drug-likeness (QED) is 0.905. The largest absolute Gasteiger partial charge is 0.337 e. The van der Waals surface area contributed by atoms with Crippen molar-refractivity contribution in [2.45, 2.75) is 38.6 Å². The Labute approximate surface area is 131 Å². The fraction of sp³-hybridized carbons (Fsp3) is 0.588. The number of halogens is 1. The average Bonchev–Trinajstić information content (AvgIpc) is 3.14. The molecule has 1 heterocycles. The Morgan fingerprint density at radius 3 is 2.81 bits per heavy atom. The van der Waals surface area contributed by atoms with Gasteiger partial charge in [0.05, 0.1) is 0 Å². The third kappa shape index (κ3) is 3.58. The molecule has 0 aromatic heterocycles. The lowest BCUT2D eigenvalue weighted by Gasteiger charge is -2.27. The van der Waals surface area contributed by atoms with Gasteiger partial charge in [0.2, 0.25) is 0 Å². The molecule has 114 valence electrons. The highest BCUT2D eigenvalue weighted by molar-refractivity contribution is 6.31. The van der Waals surface area contributed by atoms with Crippen LogP contribution < -0.4 is 5.32 Å². The Balaban J connectivity index is 1.76. The number of amides is 1. The number of benzene rings is 1. The second-order valence-corrected chi connectivity index (χ2v) is 6.77. The van der Waals surface area contributed by atoms with Crippen LogP contribution in [0.4, 0.5) is 0 Å². The average molecular weight is 307 g/mol. The van der Waals surface area contributed by atoms with Crippen molar-refractivity contribution in [1.82, 2.24) is 10.2 Å². The molecule has 1 saturated carbocycles. The SMILES string of the molecule is Cc1c(Cl)cccc1C(=O)N(CC1CC1)CC1CCCN1. The lowest BCUT2D eigenvalue weighted by atomic mass is 10.1. The Morgan fingerprint density at radius 2 is 2.14 bits per heavy atom.